The molecule has 5 N–H and O–H groups in total. The molecule has 0 unspecified atom stereocenters. The van der Waals surface area contributed by atoms with E-state index in [9.17, 15) is 25.2 Å². The van der Waals surface area contributed by atoms with Crippen LogP contribution in [0.3, 0.4) is 0 Å². The Morgan fingerprint density at radius 2 is 1.72 bits per heavy atom. The lowest BCUT2D eigenvalue weighted by molar-refractivity contribution is -0.231. The van der Waals surface area contributed by atoms with Crippen molar-refractivity contribution >= 4 is 17.7 Å². The molecule has 0 radical (unpaired) electrons. The van der Waals surface area contributed by atoms with E-state index in [1.807, 2.05) is 24.3 Å². The summed E-state index contributed by atoms with van der Waals surface area (Å²) in [5.41, 5.74) is 1.79. The number of carbonyl (C=O) groups excluding carboxylic acids is 1. The summed E-state index contributed by atoms with van der Waals surface area (Å²) in [6, 6.07) is 12.7. The fraction of sp³-hybridized carbons (Fsp3) is 0.536. The number of alkyl carbamates (subject to hydrolysis) is 1. The molecule has 0 aliphatic carbocycles. The summed E-state index contributed by atoms with van der Waals surface area (Å²) in [4.78, 5) is 11.6. The monoisotopic (exact) mass is 567 g/mol. The highest BCUT2D eigenvalue weighted by Gasteiger charge is 2.44. The van der Waals surface area contributed by atoms with Gasteiger partial charge in [0.1, 0.15) is 48.5 Å². The molecular formula is C28H38ClNO9. The van der Waals surface area contributed by atoms with Crippen LogP contribution in [-0.4, -0.2) is 89.5 Å². The predicted molar refractivity (Wildman–Crippen MR) is 144 cm³/mol. The van der Waals surface area contributed by atoms with E-state index in [1.54, 1.807) is 39.0 Å². The predicted octanol–water partition coefficient (Wildman–Crippen LogP) is 2.37. The number of amides is 1. The fourth-order valence-corrected chi connectivity index (χ4v) is 4.25. The molecule has 10 nitrogen and oxygen atoms in total. The Labute approximate surface area is 233 Å². The Balaban J connectivity index is 1.47. The minimum absolute atomic E-state index is 0.337. The van der Waals surface area contributed by atoms with Crippen molar-refractivity contribution in [3.8, 4) is 5.75 Å². The zero-order valence-corrected chi connectivity index (χ0v) is 23.1. The van der Waals surface area contributed by atoms with Crippen LogP contribution in [0.2, 0.25) is 5.02 Å². The van der Waals surface area contributed by atoms with Gasteiger partial charge in [-0.1, -0.05) is 35.9 Å². The van der Waals surface area contributed by atoms with Gasteiger partial charge in [0, 0.05) is 11.6 Å². The molecule has 2 aromatic rings. The number of carbonyl (C=O) groups is 1. The number of benzene rings is 2. The second-order valence-electron chi connectivity index (χ2n) is 10.3. The molecule has 11 heteroatoms. The summed E-state index contributed by atoms with van der Waals surface area (Å²) in [6.07, 6.45) is -6.13. The molecule has 0 spiro atoms. The molecule has 39 heavy (non-hydrogen) atoms. The Kier molecular flexibility index (Phi) is 11.4. The first-order chi connectivity index (χ1) is 18.5. The highest BCUT2D eigenvalue weighted by Crippen LogP contribution is 2.34. The number of ether oxygens (including phenoxy) is 4. The summed E-state index contributed by atoms with van der Waals surface area (Å²) in [5, 5.41) is 43.2. The standard InChI is InChI=1S/C28H38ClNO9/c1-28(2,3)39-27(35)30-10-11-36-12-13-37-20-7-4-17(5-8-20)14-19-15-18(6-9-21(19)29)26-25(34)24(33)23(32)22(16-31)38-26/h4-9,15,22-26,31-34H,10-14,16H2,1-3H3,(H,30,35)/t22-,23-,24+,25+,26+/m1/s1. The minimum atomic E-state index is -1.45. The minimum Gasteiger partial charge on any atom is -0.491 e. The van der Waals surface area contributed by atoms with Gasteiger partial charge in [-0.25, -0.2) is 4.79 Å². The average molecular weight is 568 g/mol. The van der Waals surface area contributed by atoms with Crippen LogP contribution in [0.5, 0.6) is 5.75 Å². The fourth-order valence-electron chi connectivity index (χ4n) is 4.07. The lowest BCUT2D eigenvalue weighted by Crippen LogP contribution is -2.55. The van der Waals surface area contributed by atoms with Gasteiger partial charge >= 0.3 is 6.09 Å². The van der Waals surface area contributed by atoms with Gasteiger partial charge < -0.3 is 44.7 Å². The second-order valence-corrected chi connectivity index (χ2v) is 10.7. The molecule has 1 heterocycles. The summed E-state index contributed by atoms with van der Waals surface area (Å²) >= 11 is 6.43. The number of nitrogens with one attached hydrogen (secondary N) is 1. The molecule has 5 atom stereocenters. The normalized spacial score (nSPS) is 23.3. The van der Waals surface area contributed by atoms with Crippen molar-refractivity contribution in [3.63, 3.8) is 0 Å². The molecule has 0 aromatic heterocycles. The van der Waals surface area contributed by atoms with Gasteiger partial charge in [-0.2, -0.15) is 0 Å². The maximum atomic E-state index is 11.6. The van der Waals surface area contributed by atoms with Crippen molar-refractivity contribution in [1.29, 1.82) is 0 Å². The average Bonchev–Trinajstić information content (AvgIpc) is 2.88. The van der Waals surface area contributed by atoms with E-state index in [-0.39, 0.29) is 0 Å². The van der Waals surface area contributed by atoms with Crippen molar-refractivity contribution in [1.82, 2.24) is 5.32 Å². The van der Waals surface area contributed by atoms with Crippen molar-refractivity contribution in [2.75, 3.05) is 33.0 Å². The lowest BCUT2D eigenvalue weighted by atomic mass is 9.90. The van der Waals surface area contributed by atoms with Crippen LogP contribution in [-0.2, 0) is 20.6 Å². The molecule has 216 valence electrons. The van der Waals surface area contributed by atoms with Crippen molar-refractivity contribution in [3.05, 3.63) is 64.2 Å². The van der Waals surface area contributed by atoms with Gasteiger partial charge in [0.05, 0.1) is 19.8 Å². The Hall–Kier alpha value is -2.44. The summed E-state index contributed by atoms with van der Waals surface area (Å²) in [7, 11) is 0. The first-order valence-electron chi connectivity index (χ1n) is 12.8. The van der Waals surface area contributed by atoms with E-state index in [0.717, 1.165) is 11.1 Å². The van der Waals surface area contributed by atoms with E-state index >= 15 is 0 Å². The molecule has 0 bridgehead atoms. The van der Waals surface area contributed by atoms with Gasteiger partial charge in [-0.3, -0.25) is 0 Å². The summed E-state index contributed by atoms with van der Waals surface area (Å²) < 4.78 is 22.0. The van der Waals surface area contributed by atoms with Crippen molar-refractivity contribution in [2.45, 2.75) is 63.3 Å². The first kappa shape index (κ1) is 31.1. The third-order valence-corrected chi connectivity index (χ3v) is 6.39. The van der Waals surface area contributed by atoms with Crippen LogP contribution in [0.25, 0.3) is 0 Å². The number of rotatable bonds is 11. The van der Waals surface area contributed by atoms with E-state index in [2.05, 4.69) is 5.32 Å². The third-order valence-electron chi connectivity index (χ3n) is 6.02. The number of aliphatic hydroxyl groups excluding tert-OH is 4. The zero-order valence-electron chi connectivity index (χ0n) is 22.4. The van der Waals surface area contributed by atoms with Crippen LogP contribution in [0.4, 0.5) is 4.79 Å². The summed E-state index contributed by atoms with van der Waals surface area (Å²) in [6.45, 7) is 6.29. The SMILES string of the molecule is CC(C)(C)OC(=O)NCCOCCOc1ccc(Cc2cc([C@@H]3O[C@H](CO)[C@@H](O)[C@H](O)[C@@H]3O)ccc2Cl)cc1. The van der Waals surface area contributed by atoms with E-state index in [1.165, 1.54) is 0 Å². The van der Waals surface area contributed by atoms with Crippen LogP contribution in [0, 0.1) is 0 Å². The molecule has 1 amide bonds. The van der Waals surface area contributed by atoms with E-state index in [4.69, 9.17) is 30.5 Å². The molecule has 1 fully saturated rings. The highest BCUT2D eigenvalue weighted by atomic mass is 35.5. The molecule has 3 rings (SSSR count). The van der Waals surface area contributed by atoms with Crippen LogP contribution in [0.1, 0.15) is 43.6 Å². The molecule has 2 aromatic carbocycles. The zero-order chi connectivity index (χ0) is 28.6. The van der Waals surface area contributed by atoms with Gasteiger partial charge in [0.25, 0.3) is 0 Å². The maximum absolute atomic E-state index is 11.6. The van der Waals surface area contributed by atoms with Crippen LogP contribution < -0.4 is 10.1 Å². The quantitative estimate of drug-likeness (QED) is 0.258. The molecule has 0 saturated carbocycles. The highest BCUT2D eigenvalue weighted by molar-refractivity contribution is 6.31. The van der Waals surface area contributed by atoms with Gasteiger partial charge in [0.15, 0.2) is 0 Å². The van der Waals surface area contributed by atoms with Crippen molar-refractivity contribution in [2.24, 2.45) is 0 Å². The Bertz CT molecular complexity index is 1060. The number of hydrogen-bond acceptors (Lipinski definition) is 9. The maximum Gasteiger partial charge on any atom is 0.407 e. The molecule has 1 aliphatic heterocycles. The van der Waals surface area contributed by atoms with Gasteiger partial charge in [-0.15, -0.1) is 0 Å². The van der Waals surface area contributed by atoms with Gasteiger partial charge in [0.2, 0.25) is 0 Å². The largest absolute Gasteiger partial charge is 0.491 e. The molecule has 1 aliphatic rings. The Morgan fingerprint density at radius 1 is 1.00 bits per heavy atom. The van der Waals surface area contributed by atoms with E-state index in [0.29, 0.717) is 49.1 Å². The second kappa shape index (κ2) is 14.3. The Morgan fingerprint density at radius 3 is 2.38 bits per heavy atom. The number of hydrogen-bond donors (Lipinski definition) is 5. The third kappa shape index (κ3) is 9.32. The molecular weight excluding hydrogens is 530 g/mol. The van der Waals surface area contributed by atoms with Gasteiger partial charge in [-0.05, 0) is 62.1 Å². The number of aliphatic hydroxyl groups is 4. The van der Waals surface area contributed by atoms with Crippen LogP contribution >= 0.6 is 11.6 Å². The number of halogens is 1. The van der Waals surface area contributed by atoms with Crippen molar-refractivity contribution < 1.29 is 44.2 Å². The molecule has 1 saturated heterocycles. The van der Waals surface area contributed by atoms with E-state index < -0.39 is 48.8 Å². The van der Waals surface area contributed by atoms with Crippen LogP contribution in [0.15, 0.2) is 42.5 Å². The summed E-state index contributed by atoms with van der Waals surface area (Å²) in [5.74, 6) is 0.676. The smallest absolute Gasteiger partial charge is 0.407 e. The lowest BCUT2D eigenvalue weighted by Gasteiger charge is -2.40. The first-order valence-corrected chi connectivity index (χ1v) is 13.2. The topological polar surface area (TPSA) is 147 Å².